The van der Waals surface area contributed by atoms with Crippen LogP contribution in [0.5, 0.6) is 0 Å². The van der Waals surface area contributed by atoms with Gasteiger partial charge in [-0.25, -0.2) is 4.79 Å². The van der Waals surface area contributed by atoms with Crippen LogP contribution >= 0.6 is 12.4 Å². The van der Waals surface area contributed by atoms with Gasteiger partial charge in [-0.3, -0.25) is 9.69 Å². The molecule has 0 aromatic heterocycles. The smallest absolute Gasteiger partial charge is 0.331 e. The topological polar surface area (TPSA) is 46.6 Å². The second kappa shape index (κ2) is 9.32. The van der Waals surface area contributed by atoms with Gasteiger partial charge in [0.1, 0.15) is 0 Å². The Morgan fingerprint density at radius 1 is 1.04 bits per heavy atom. The van der Waals surface area contributed by atoms with Gasteiger partial charge in [0.15, 0.2) is 11.5 Å². The van der Waals surface area contributed by atoms with Crippen molar-refractivity contribution in [1.82, 2.24) is 4.90 Å². The summed E-state index contributed by atoms with van der Waals surface area (Å²) in [7, 11) is 3.70. The van der Waals surface area contributed by atoms with Crippen molar-refractivity contribution in [2.24, 2.45) is 0 Å². The number of nitrogens with zero attached hydrogens (tertiary/aromatic N) is 1. The zero-order valence-electron chi connectivity index (χ0n) is 15.3. The minimum Gasteiger partial charge on any atom is -0.440 e. The Kier molecular flexibility index (Phi) is 7.75. The molecule has 0 N–H and O–H groups in total. The highest BCUT2D eigenvalue weighted by Gasteiger charge is 2.31. The molecule has 0 aliphatic rings. The molecule has 2 aromatic rings. The standard InChI is InChI=1S/C21H23NO3.ClH/c1-5-19(23)25-21(2,22(3)4)15-16-11-13-18(14-12-16)20(24)17-9-7-6-8-10-17;/h5-14H,1,15H2,2-4H3;1H. The monoisotopic (exact) mass is 373 g/mol. The Hall–Kier alpha value is -2.43. The maximum atomic E-state index is 12.4. The molecule has 0 saturated heterocycles. The highest BCUT2D eigenvalue weighted by Crippen LogP contribution is 2.21. The van der Waals surface area contributed by atoms with E-state index in [9.17, 15) is 9.59 Å². The van der Waals surface area contributed by atoms with E-state index in [0.29, 0.717) is 17.5 Å². The van der Waals surface area contributed by atoms with Crippen molar-refractivity contribution in [2.45, 2.75) is 19.1 Å². The summed E-state index contributed by atoms with van der Waals surface area (Å²) in [5.74, 6) is -0.479. The number of carbonyl (C=O) groups excluding carboxylic acids is 2. The fourth-order valence-electron chi connectivity index (χ4n) is 2.45. The number of carbonyl (C=O) groups is 2. The highest BCUT2D eigenvalue weighted by atomic mass is 35.5. The predicted molar refractivity (Wildman–Crippen MR) is 106 cm³/mol. The van der Waals surface area contributed by atoms with Crippen molar-refractivity contribution in [2.75, 3.05) is 14.1 Å². The molecule has 0 amide bonds. The van der Waals surface area contributed by atoms with E-state index in [4.69, 9.17) is 4.74 Å². The van der Waals surface area contributed by atoms with Crippen LogP contribution in [-0.4, -0.2) is 36.5 Å². The maximum absolute atomic E-state index is 12.4. The van der Waals surface area contributed by atoms with Gasteiger partial charge in [-0.2, -0.15) is 0 Å². The van der Waals surface area contributed by atoms with Gasteiger partial charge in [-0.05, 0) is 26.6 Å². The van der Waals surface area contributed by atoms with Crippen LogP contribution in [0.25, 0.3) is 0 Å². The highest BCUT2D eigenvalue weighted by molar-refractivity contribution is 6.08. The number of hydrogen-bond donors (Lipinski definition) is 0. The molecule has 138 valence electrons. The van der Waals surface area contributed by atoms with Crippen molar-refractivity contribution >= 4 is 24.2 Å². The van der Waals surface area contributed by atoms with Crippen LogP contribution in [0.3, 0.4) is 0 Å². The quantitative estimate of drug-likeness (QED) is 0.320. The van der Waals surface area contributed by atoms with E-state index in [1.807, 2.05) is 56.3 Å². The van der Waals surface area contributed by atoms with Crippen molar-refractivity contribution < 1.29 is 14.3 Å². The number of ketones is 1. The number of hydrogen-bond acceptors (Lipinski definition) is 4. The van der Waals surface area contributed by atoms with Crippen molar-refractivity contribution in [3.8, 4) is 0 Å². The van der Waals surface area contributed by atoms with E-state index in [1.54, 1.807) is 24.3 Å². The lowest BCUT2D eigenvalue weighted by molar-refractivity contribution is -0.169. The minimum absolute atomic E-state index is 0. The Morgan fingerprint density at radius 2 is 1.58 bits per heavy atom. The molecule has 0 fully saturated rings. The van der Waals surface area contributed by atoms with Crippen LogP contribution < -0.4 is 0 Å². The van der Waals surface area contributed by atoms with Gasteiger partial charge in [0.25, 0.3) is 0 Å². The van der Waals surface area contributed by atoms with Gasteiger partial charge >= 0.3 is 5.97 Å². The third kappa shape index (κ3) is 5.28. The average Bonchev–Trinajstić information content (AvgIpc) is 2.62. The van der Waals surface area contributed by atoms with Crippen LogP contribution in [0.1, 0.15) is 28.4 Å². The lowest BCUT2D eigenvalue weighted by Gasteiger charge is -2.35. The molecule has 1 unspecified atom stereocenters. The minimum atomic E-state index is -0.795. The van der Waals surface area contributed by atoms with Crippen molar-refractivity contribution in [3.63, 3.8) is 0 Å². The van der Waals surface area contributed by atoms with Crippen LogP contribution in [0.15, 0.2) is 67.3 Å². The first-order chi connectivity index (χ1) is 11.9. The summed E-state index contributed by atoms with van der Waals surface area (Å²) in [6.07, 6.45) is 1.66. The normalized spacial score (nSPS) is 12.6. The lowest BCUT2D eigenvalue weighted by atomic mass is 9.98. The fourth-order valence-corrected chi connectivity index (χ4v) is 2.45. The average molecular weight is 374 g/mol. The van der Waals surface area contributed by atoms with Gasteiger partial charge in [0, 0.05) is 23.6 Å². The SMILES string of the molecule is C=CC(=O)OC(C)(Cc1ccc(C(=O)c2ccccc2)cc1)N(C)C.Cl. The fraction of sp³-hybridized carbons (Fsp3) is 0.238. The second-order valence-corrected chi connectivity index (χ2v) is 6.26. The zero-order chi connectivity index (χ0) is 18.4. The van der Waals surface area contributed by atoms with E-state index < -0.39 is 11.7 Å². The molecular weight excluding hydrogens is 350 g/mol. The van der Waals surface area contributed by atoms with Crippen LogP contribution in [0, 0.1) is 0 Å². The molecule has 0 radical (unpaired) electrons. The summed E-state index contributed by atoms with van der Waals surface area (Å²) in [4.78, 5) is 25.9. The van der Waals surface area contributed by atoms with Crippen LogP contribution in [0.2, 0.25) is 0 Å². The molecule has 0 heterocycles. The molecule has 0 saturated carbocycles. The van der Waals surface area contributed by atoms with Crippen molar-refractivity contribution in [1.29, 1.82) is 0 Å². The first kappa shape index (κ1) is 21.6. The molecule has 5 heteroatoms. The van der Waals surface area contributed by atoms with E-state index in [-0.39, 0.29) is 18.2 Å². The molecule has 26 heavy (non-hydrogen) atoms. The summed E-state index contributed by atoms with van der Waals surface area (Å²) in [5.41, 5.74) is 1.46. The molecule has 0 aliphatic heterocycles. The Balaban J connectivity index is 0.00000338. The van der Waals surface area contributed by atoms with Crippen LogP contribution in [0.4, 0.5) is 0 Å². The summed E-state index contributed by atoms with van der Waals surface area (Å²) in [6, 6.07) is 16.6. The number of likely N-dealkylation sites (N-methyl/N-ethyl adjacent to an activating group) is 1. The number of esters is 1. The summed E-state index contributed by atoms with van der Waals surface area (Å²) in [6.45, 7) is 5.29. The predicted octanol–water partition coefficient (Wildman–Crippen LogP) is 3.89. The third-order valence-corrected chi connectivity index (χ3v) is 4.22. The molecule has 4 nitrogen and oxygen atoms in total. The molecule has 1 atom stereocenters. The lowest BCUT2D eigenvalue weighted by Crippen LogP contribution is -2.47. The number of benzene rings is 2. The van der Waals surface area contributed by atoms with Gasteiger partial charge < -0.3 is 4.74 Å². The first-order valence-corrected chi connectivity index (χ1v) is 8.07. The molecule has 0 aliphatic carbocycles. The van der Waals surface area contributed by atoms with Gasteiger partial charge in [-0.1, -0.05) is 61.2 Å². The first-order valence-electron chi connectivity index (χ1n) is 8.07. The molecule has 0 spiro atoms. The van der Waals surface area contributed by atoms with E-state index >= 15 is 0 Å². The number of halogens is 1. The summed E-state index contributed by atoms with van der Waals surface area (Å²) in [5, 5.41) is 0. The maximum Gasteiger partial charge on any atom is 0.331 e. The molecule has 2 aromatic carbocycles. The largest absolute Gasteiger partial charge is 0.440 e. The Morgan fingerprint density at radius 3 is 2.08 bits per heavy atom. The van der Waals surface area contributed by atoms with Gasteiger partial charge in [-0.15, -0.1) is 12.4 Å². The number of ether oxygens (including phenoxy) is 1. The zero-order valence-corrected chi connectivity index (χ0v) is 16.1. The molecular formula is C21H24ClNO3. The second-order valence-electron chi connectivity index (χ2n) is 6.26. The van der Waals surface area contributed by atoms with E-state index in [2.05, 4.69) is 6.58 Å². The van der Waals surface area contributed by atoms with Gasteiger partial charge in [0.05, 0.1) is 0 Å². The van der Waals surface area contributed by atoms with E-state index in [1.165, 1.54) is 0 Å². The van der Waals surface area contributed by atoms with Crippen LogP contribution in [-0.2, 0) is 16.0 Å². The molecule has 2 rings (SSSR count). The third-order valence-electron chi connectivity index (χ3n) is 4.22. The summed E-state index contributed by atoms with van der Waals surface area (Å²) >= 11 is 0. The Labute approximate surface area is 160 Å². The van der Waals surface area contributed by atoms with Gasteiger partial charge in [0.2, 0.25) is 0 Å². The van der Waals surface area contributed by atoms with E-state index in [0.717, 1.165) is 11.6 Å². The molecule has 0 bridgehead atoms. The summed E-state index contributed by atoms with van der Waals surface area (Å²) < 4.78 is 5.50. The Bertz CT molecular complexity index is 757. The number of rotatable bonds is 7. The van der Waals surface area contributed by atoms with Crippen molar-refractivity contribution in [3.05, 3.63) is 83.9 Å².